The second kappa shape index (κ2) is 4.05. The van der Waals surface area contributed by atoms with Gasteiger partial charge in [0.1, 0.15) is 0 Å². The highest BCUT2D eigenvalue weighted by atomic mass is 79.9. The second-order valence-corrected chi connectivity index (χ2v) is 7.05. The lowest BCUT2D eigenvalue weighted by Crippen LogP contribution is -2.10. The van der Waals surface area contributed by atoms with Crippen LogP contribution in [0, 0.1) is 0 Å². The fourth-order valence-corrected chi connectivity index (χ4v) is 3.16. The predicted molar refractivity (Wildman–Crippen MR) is 66.3 cm³/mol. The van der Waals surface area contributed by atoms with Gasteiger partial charge in [-0.2, -0.15) is 4.99 Å². The fraction of sp³-hybridized carbons (Fsp3) is 0.364. The first-order valence-corrected chi connectivity index (χ1v) is 7.67. The molecule has 1 aromatic rings. The molecular formula is C11H10BrNO3S. The molecule has 90 valence electrons. The minimum atomic E-state index is -3.32. The van der Waals surface area contributed by atoms with E-state index in [4.69, 9.17) is 0 Å². The van der Waals surface area contributed by atoms with Crippen LogP contribution in [0.15, 0.2) is 32.6 Å². The Hall–Kier alpha value is -0.970. The molecule has 0 amide bonds. The van der Waals surface area contributed by atoms with Gasteiger partial charge in [-0.25, -0.2) is 13.2 Å². The zero-order valence-corrected chi connectivity index (χ0v) is 11.5. The van der Waals surface area contributed by atoms with Crippen molar-refractivity contribution in [2.45, 2.75) is 23.3 Å². The van der Waals surface area contributed by atoms with E-state index in [9.17, 15) is 13.2 Å². The van der Waals surface area contributed by atoms with Crippen LogP contribution in [-0.4, -0.2) is 20.8 Å². The van der Waals surface area contributed by atoms with Crippen LogP contribution in [0.1, 0.15) is 18.4 Å². The van der Waals surface area contributed by atoms with Gasteiger partial charge < -0.3 is 0 Å². The quantitative estimate of drug-likeness (QED) is 0.634. The van der Waals surface area contributed by atoms with E-state index < -0.39 is 15.4 Å². The molecule has 6 heteroatoms. The van der Waals surface area contributed by atoms with Crippen molar-refractivity contribution >= 4 is 31.8 Å². The van der Waals surface area contributed by atoms with Crippen LogP contribution in [0.4, 0.5) is 0 Å². The molecule has 1 saturated carbocycles. The Kier molecular flexibility index (Phi) is 2.97. The standard InChI is InChI=1S/C11H10BrNO3S/c1-17(15,16)10-3-2-8(12)6-9(10)11(4-5-11)13-7-14/h2-3,6H,4-5H2,1H3. The zero-order chi connectivity index (χ0) is 12.7. The normalized spacial score (nSPS) is 17.3. The molecule has 0 bridgehead atoms. The lowest BCUT2D eigenvalue weighted by Gasteiger charge is -2.13. The van der Waals surface area contributed by atoms with Crippen molar-refractivity contribution in [3.63, 3.8) is 0 Å². The molecule has 0 saturated heterocycles. The van der Waals surface area contributed by atoms with Crippen molar-refractivity contribution < 1.29 is 13.2 Å². The molecule has 2 rings (SSSR count). The van der Waals surface area contributed by atoms with Crippen LogP contribution in [0.5, 0.6) is 0 Å². The van der Waals surface area contributed by atoms with Crippen molar-refractivity contribution in [2.75, 3.05) is 6.26 Å². The summed E-state index contributed by atoms with van der Waals surface area (Å²) in [6.45, 7) is 0. The number of hydrogen-bond acceptors (Lipinski definition) is 4. The Morgan fingerprint density at radius 3 is 2.53 bits per heavy atom. The molecule has 0 aromatic heterocycles. The summed E-state index contributed by atoms with van der Waals surface area (Å²) in [6, 6.07) is 4.92. The molecule has 17 heavy (non-hydrogen) atoms. The Morgan fingerprint density at radius 1 is 1.41 bits per heavy atom. The molecule has 1 aliphatic rings. The van der Waals surface area contributed by atoms with E-state index in [0.29, 0.717) is 18.4 Å². The molecule has 0 atom stereocenters. The summed E-state index contributed by atoms with van der Waals surface area (Å²) in [6.07, 6.45) is 4.05. The lowest BCUT2D eigenvalue weighted by atomic mass is 10.1. The van der Waals surface area contributed by atoms with Crippen LogP contribution in [0.3, 0.4) is 0 Å². The van der Waals surface area contributed by atoms with Gasteiger partial charge >= 0.3 is 0 Å². The monoisotopic (exact) mass is 315 g/mol. The summed E-state index contributed by atoms with van der Waals surface area (Å²) in [7, 11) is -3.32. The summed E-state index contributed by atoms with van der Waals surface area (Å²) >= 11 is 3.30. The summed E-state index contributed by atoms with van der Waals surface area (Å²) < 4.78 is 24.1. The number of rotatable bonds is 3. The Morgan fingerprint density at radius 2 is 2.06 bits per heavy atom. The van der Waals surface area contributed by atoms with Crippen LogP contribution in [0.25, 0.3) is 0 Å². The van der Waals surface area contributed by atoms with Crippen LogP contribution in [-0.2, 0) is 20.2 Å². The molecule has 0 heterocycles. The summed E-state index contributed by atoms with van der Waals surface area (Å²) in [4.78, 5) is 14.4. The lowest BCUT2D eigenvalue weighted by molar-refractivity contribution is 0.554. The molecule has 1 aliphatic carbocycles. The number of halogens is 1. The van der Waals surface area contributed by atoms with Gasteiger partial charge in [-0.05, 0) is 31.0 Å². The Labute approximate surface area is 108 Å². The van der Waals surface area contributed by atoms with E-state index in [-0.39, 0.29) is 4.90 Å². The van der Waals surface area contributed by atoms with Gasteiger partial charge in [0, 0.05) is 16.3 Å². The number of sulfone groups is 1. The first-order valence-electron chi connectivity index (χ1n) is 4.98. The highest BCUT2D eigenvalue weighted by molar-refractivity contribution is 9.10. The van der Waals surface area contributed by atoms with Crippen molar-refractivity contribution in [1.29, 1.82) is 0 Å². The third kappa shape index (κ3) is 2.34. The van der Waals surface area contributed by atoms with Gasteiger partial charge in [-0.1, -0.05) is 15.9 Å². The molecule has 1 aromatic carbocycles. The van der Waals surface area contributed by atoms with Gasteiger partial charge in [0.25, 0.3) is 0 Å². The summed E-state index contributed by atoms with van der Waals surface area (Å²) in [5.74, 6) is 0. The van der Waals surface area contributed by atoms with E-state index in [1.165, 1.54) is 12.1 Å². The van der Waals surface area contributed by atoms with E-state index in [2.05, 4.69) is 20.9 Å². The first kappa shape index (κ1) is 12.5. The highest BCUT2D eigenvalue weighted by Crippen LogP contribution is 2.51. The smallest absolute Gasteiger partial charge is 0.224 e. The number of isocyanates is 1. The number of carbonyl (C=O) groups excluding carboxylic acids is 1. The number of benzene rings is 1. The maximum absolute atomic E-state index is 11.7. The number of nitrogens with zero attached hydrogens (tertiary/aromatic N) is 1. The second-order valence-electron chi connectivity index (χ2n) is 4.15. The average molecular weight is 316 g/mol. The Bertz CT molecular complexity index is 614. The minimum absolute atomic E-state index is 0.234. The molecule has 4 nitrogen and oxygen atoms in total. The largest absolute Gasteiger partial charge is 0.235 e. The highest BCUT2D eigenvalue weighted by Gasteiger charge is 2.47. The Balaban J connectivity index is 2.68. The van der Waals surface area contributed by atoms with Crippen molar-refractivity contribution in [3.05, 3.63) is 28.2 Å². The third-order valence-corrected chi connectivity index (χ3v) is 4.47. The molecule has 0 aliphatic heterocycles. The van der Waals surface area contributed by atoms with Crippen LogP contribution >= 0.6 is 15.9 Å². The number of hydrogen-bond donors (Lipinski definition) is 0. The molecule has 0 radical (unpaired) electrons. The molecule has 1 fully saturated rings. The SMILES string of the molecule is CS(=O)(=O)c1ccc(Br)cc1C1(N=C=O)CC1. The molecule has 0 spiro atoms. The van der Waals surface area contributed by atoms with Gasteiger partial charge in [0.2, 0.25) is 6.08 Å². The first-order chi connectivity index (χ1) is 7.89. The van der Waals surface area contributed by atoms with Crippen molar-refractivity contribution in [1.82, 2.24) is 0 Å². The van der Waals surface area contributed by atoms with E-state index in [0.717, 1.165) is 10.7 Å². The van der Waals surface area contributed by atoms with Crippen LogP contribution < -0.4 is 0 Å². The fourth-order valence-electron chi connectivity index (χ4n) is 1.84. The van der Waals surface area contributed by atoms with E-state index in [1.54, 1.807) is 12.1 Å². The zero-order valence-electron chi connectivity index (χ0n) is 9.10. The van der Waals surface area contributed by atoms with Crippen molar-refractivity contribution in [2.24, 2.45) is 4.99 Å². The maximum Gasteiger partial charge on any atom is 0.235 e. The van der Waals surface area contributed by atoms with Gasteiger partial charge in [-0.3, -0.25) is 0 Å². The van der Waals surface area contributed by atoms with Gasteiger partial charge in [0.15, 0.2) is 9.84 Å². The van der Waals surface area contributed by atoms with E-state index >= 15 is 0 Å². The molecule has 0 N–H and O–H groups in total. The average Bonchev–Trinajstić information content (AvgIpc) is 2.97. The topological polar surface area (TPSA) is 63.6 Å². The van der Waals surface area contributed by atoms with Crippen molar-refractivity contribution in [3.8, 4) is 0 Å². The van der Waals surface area contributed by atoms with Gasteiger partial charge in [-0.15, -0.1) is 0 Å². The molecular weight excluding hydrogens is 306 g/mol. The van der Waals surface area contributed by atoms with E-state index in [1.807, 2.05) is 0 Å². The minimum Gasteiger partial charge on any atom is -0.224 e. The van der Waals surface area contributed by atoms with Gasteiger partial charge in [0.05, 0.1) is 10.4 Å². The third-order valence-electron chi connectivity index (χ3n) is 2.83. The predicted octanol–water partition coefficient (Wildman–Crippen LogP) is 2.18. The summed E-state index contributed by atoms with van der Waals surface area (Å²) in [5.41, 5.74) is -0.0954. The maximum atomic E-state index is 11.7. The summed E-state index contributed by atoms with van der Waals surface area (Å²) in [5, 5.41) is 0. The molecule has 0 unspecified atom stereocenters. The number of aliphatic imine (C=N–C) groups is 1. The van der Waals surface area contributed by atoms with Crippen LogP contribution in [0.2, 0.25) is 0 Å².